The predicted octanol–water partition coefficient (Wildman–Crippen LogP) is 1.75. The van der Waals surface area contributed by atoms with Crippen molar-refractivity contribution < 1.29 is 4.79 Å². The monoisotopic (exact) mass is 270 g/mol. The molecule has 1 aliphatic carbocycles. The van der Waals surface area contributed by atoms with Crippen LogP contribution < -0.4 is 0 Å². The lowest BCUT2D eigenvalue weighted by molar-refractivity contribution is -0.134. The average Bonchev–Trinajstić information content (AvgIpc) is 3.23. The molecular formula is C15H18N4O. The number of hydrogen-bond acceptors (Lipinski definition) is 3. The van der Waals surface area contributed by atoms with Crippen molar-refractivity contribution in [3.63, 3.8) is 0 Å². The average molecular weight is 270 g/mol. The fraction of sp³-hybridized carbons (Fsp3) is 0.400. The second-order valence-corrected chi connectivity index (χ2v) is 5.28. The van der Waals surface area contributed by atoms with Gasteiger partial charge >= 0.3 is 0 Å². The Balaban J connectivity index is 1.77. The zero-order valence-corrected chi connectivity index (χ0v) is 11.6. The van der Waals surface area contributed by atoms with Crippen LogP contribution in [0.4, 0.5) is 0 Å². The summed E-state index contributed by atoms with van der Waals surface area (Å²) in [6.07, 6.45) is 9.26. The van der Waals surface area contributed by atoms with Gasteiger partial charge in [-0.05, 0) is 24.5 Å². The SMILES string of the molecule is Cn1ccnc1CN(Cc1cccnc1)C(=O)C1CC1. The van der Waals surface area contributed by atoms with E-state index in [1.807, 2.05) is 41.0 Å². The summed E-state index contributed by atoms with van der Waals surface area (Å²) in [5.74, 6) is 1.35. The molecule has 3 rings (SSSR count). The third-order valence-corrected chi connectivity index (χ3v) is 3.59. The third kappa shape index (κ3) is 2.87. The van der Waals surface area contributed by atoms with Crippen molar-refractivity contribution in [2.75, 3.05) is 0 Å². The van der Waals surface area contributed by atoms with Gasteiger partial charge in [-0.3, -0.25) is 9.78 Å². The molecule has 1 aliphatic rings. The van der Waals surface area contributed by atoms with Crippen LogP contribution in [0.5, 0.6) is 0 Å². The summed E-state index contributed by atoms with van der Waals surface area (Å²) < 4.78 is 1.95. The van der Waals surface area contributed by atoms with Crippen LogP contribution in [-0.4, -0.2) is 25.3 Å². The van der Waals surface area contributed by atoms with Gasteiger partial charge in [0.2, 0.25) is 5.91 Å². The van der Waals surface area contributed by atoms with Crippen molar-refractivity contribution in [3.05, 3.63) is 48.3 Å². The Morgan fingerprint density at radius 2 is 2.25 bits per heavy atom. The van der Waals surface area contributed by atoms with Crippen LogP contribution in [-0.2, 0) is 24.9 Å². The van der Waals surface area contributed by atoms with Gasteiger partial charge in [-0.25, -0.2) is 4.98 Å². The largest absolute Gasteiger partial charge is 0.337 e. The fourth-order valence-electron chi connectivity index (χ4n) is 2.23. The highest BCUT2D eigenvalue weighted by Crippen LogP contribution is 2.31. The Morgan fingerprint density at radius 1 is 1.40 bits per heavy atom. The summed E-state index contributed by atoms with van der Waals surface area (Å²) in [5, 5.41) is 0. The molecule has 1 saturated carbocycles. The lowest BCUT2D eigenvalue weighted by Crippen LogP contribution is -2.32. The molecule has 1 fully saturated rings. The molecule has 0 unspecified atom stereocenters. The Bertz CT molecular complexity index is 589. The molecule has 0 atom stereocenters. The molecular weight excluding hydrogens is 252 g/mol. The van der Waals surface area contributed by atoms with E-state index in [1.54, 1.807) is 12.4 Å². The third-order valence-electron chi connectivity index (χ3n) is 3.59. The molecule has 0 saturated heterocycles. The van der Waals surface area contributed by atoms with Crippen molar-refractivity contribution in [1.29, 1.82) is 0 Å². The molecule has 0 bridgehead atoms. The maximum atomic E-state index is 12.4. The first-order valence-corrected chi connectivity index (χ1v) is 6.88. The first-order valence-electron chi connectivity index (χ1n) is 6.88. The number of amides is 1. The van der Waals surface area contributed by atoms with Gasteiger partial charge in [0.05, 0.1) is 6.54 Å². The number of carbonyl (C=O) groups excluding carboxylic acids is 1. The van der Waals surface area contributed by atoms with Gasteiger partial charge in [0.15, 0.2) is 0 Å². The van der Waals surface area contributed by atoms with E-state index in [2.05, 4.69) is 9.97 Å². The lowest BCUT2D eigenvalue weighted by Gasteiger charge is -2.22. The number of rotatable bonds is 5. The summed E-state index contributed by atoms with van der Waals surface area (Å²) in [4.78, 5) is 22.7. The first kappa shape index (κ1) is 12.8. The molecule has 2 aromatic heterocycles. The van der Waals surface area contributed by atoms with Crippen molar-refractivity contribution in [3.8, 4) is 0 Å². The molecule has 0 spiro atoms. The molecule has 0 radical (unpaired) electrons. The standard InChI is InChI=1S/C15H18N4O/c1-18-8-7-17-14(18)11-19(15(20)13-4-5-13)10-12-3-2-6-16-9-12/h2-3,6-9,13H,4-5,10-11H2,1H3. The molecule has 0 aliphatic heterocycles. The van der Waals surface area contributed by atoms with E-state index >= 15 is 0 Å². The molecule has 104 valence electrons. The second-order valence-electron chi connectivity index (χ2n) is 5.28. The number of imidazole rings is 1. The zero-order valence-electron chi connectivity index (χ0n) is 11.6. The summed E-state index contributed by atoms with van der Waals surface area (Å²) in [5.41, 5.74) is 1.05. The Hall–Kier alpha value is -2.17. The van der Waals surface area contributed by atoms with E-state index in [0.717, 1.165) is 24.2 Å². The topological polar surface area (TPSA) is 51.0 Å². The predicted molar refractivity (Wildman–Crippen MR) is 74.4 cm³/mol. The molecule has 20 heavy (non-hydrogen) atoms. The van der Waals surface area contributed by atoms with E-state index in [-0.39, 0.29) is 11.8 Å². The molecule has 0 aromatic carbocycles. The maximum Gasteiger partial charge on any atom is 0.226 e. The molecule has 2 aromatic rings. The van der Waals surface area contributed by atoms with Gasteiger partial charge in [0.25, 0.3) is 0 Å². The van der Waals surface area contributed by atoms with Crippen LogP contribution in [0, 0.1) is 5.92 Å². The van der Waals surface area contributed by atoms with Crippen molar-refractivity contribution in [2.24, 2.45) is 13.0 Å². The van der Waals surface area contributed by atoms with Crippen molar-refractivity contribution in [2.45, 2.75) is 25.9 Å². The number of aryl methyl sites for hydroxylation is 1. The van der Waals surface area contributed by atoms with Gasteiger partial charge in [-0.2, -0.15) is 0 Å². The molecule has 5 heteroatoms. The Kier molecular flexibility index (Phi) is 3.50. The Labute approximate surface area is 118 Å². The van der Waals surface area contributed by atoms with Crippen LogP contribution in [0.15, 0.2) is 36.9 Å². The van der Waals surface area contributed by atoms with Gasteiger partial charge in [0, 0.05) is 44.3 Å². The lowest BCUT2D eigenvalue weighted by atomic mass is 10.2. The number of aromatic nitrogens is 3. The van der Waals surface area contributed by atoms with Crippen LogP contribution >= 0.6 is 0 Å². The highest BCUT2D eigenvalue weighted by molar-refractivity contribution is 5.80. The molecule has 1 amide bonds. The summed E-state index contributed by atoms with van der Waals surface area (Å²) >= 11 is 0. The van der Waals surface area contributed by atoms with Gasteiger partial charge in [-0.15, -0.1) is 0 Å². The number of nitrogens with zero attached hydrogens (tertiary/aromatic N) is 4. The summed E-state index contributed by atoms with van der Waals surface area (Å²) in [6, 6.07) is 3.90. The van der Waals surface area contributed by atoms with Gasteiger partial charge in [-0.1, -0.05) is 6.07 Å². The minimum Gasteiger partial charge on any atom is -0.337 e. The van der Waals surface area contributed by atoms with Gasteiger partial charge < -0.3 is 9.47 Å². The van der Waals surface area contributed by atoms with Crippen LogP contribution in [0.2, 0.25) is 0 Å². The second kappa shape index (κ2) is 5.45. The number of pyridine rings is 1. The van der Waals surface area contributed by atoms with Crippen LogP contribution in [0.3, 0.4) is 0 Å². The number of carbonyl (C=O) groups is 1. The van der Waals surface area contributed by atoms with Crippen molar-refractivity contribution in [1.82, 2.24) is 19.4 Å². The molecule has 2 heterocycles. The smallest absolute Gasteiger partial charge is 0.226 e. The minimum atomic E-state index is 0.215. The van der Waals surface area contributed by atoms with E-state index in [0.29, 0.717) is 13.1 Å². The van der Waals surface area contributed by atoms with Crippen LogP contribution in [0.25, 0.3) is 0 Å². The highest BCUT2D eigenvalue weighted by atomic mass is 16.2. The Morgan fingerprint density at radius 3 is 2.85 bits per heavy atom. The first-order chi connectivity index (χ1) is 9.74. The van der Waals surface area contributed by atoms with E-state index in [9.17, 15) is 4.79 Å². The van der Waals surface area contributed by atoms with Gasteiger partial charge in [0.1, 0.15) is 5.82 Å². The molecule has 5 nitrogen and oxygen atoms in total. The zero-order chi connectivity index (χ0) is 13.9. The maximum absolute atomic E-state index is 12.4. The van der Waals surface area contributed by atoms with Crippen molar-refractivity contribution >= 4 is 5.91 Å². The summed E-state index contributed by atoms with van der Waals surface area (Å²) in [6.45, 7) is 1.14. The van der Waals surface area contributed by atoms with E-state index < -0.39 is 0 Å². The quantitative estimate of drug-likeness (QED) is 0.831. The van der Waals surface area contributed by atoms with Crippen LogP contribution in [0.1, 0.15) is 24.2 Å². The van der Waals surface area contributed by atoms with E-state index in [1.165, 1.54) is 0 Å². The van der Waals surface area contributed by atoms with E-state index in [4.69, 9.17) is 0 Å². The summed E-state index contributed by atoms with van der Waals surface area (Å²) in [7, 11) is 1.95. The normalized spacial score (nSPS) is 14.2. The molecule has 0 N–H and O–H groups in total. The highest BCUT2D eigenvalue weighted by Gasteiger charge is 2.33. The fourth-order valence-corrected chi connectivity index (χ4v) is 2.23. The number of hydrogen-bond donors (Lipinski definition) is 0. The minimum absolute atomic E-state index is 0.215.